The van der Waals surface area contributed by atoms with Crippen LogP contribution in [0.4, 0.5) is 0 Å². The molecule has 1 aromatic carbocycles. The van der Waals surface area contributed by atoms with Gasteiger partial charge in [-0.1, -0.05) is 37.2 Å². The summed E-state index contributed by atoms with van der Waals surface area (Å²) in [6.45, 7) is 4.08. The summed E-state index contributed by atoms with van der Waals surface area (Å²) in [6, 6.07) is 11.1. The van der Waals surface area contributed by atoms with Crippen LogP contribution in [-0.2, 0) is 4.79 Å². The largest absolute Gasteiger partial charge is 0.493 e. The maximum atomic E-state index is 11.0. The third-order valence-electron chi connectivity index (χ3n) is 4.83. The lowest BCUT2D eigenvalue weighted by Gasteiger charge is -2.21. The van der Waals surface area contributed by atoms with Gasteiger partial charge in [0.2, 0.25) is 11.8 Å². The number of aromatic nitrogens is 1. The predicted octanol–water partition coefficient (Wildman–Crippen LogP) is 4.71. The van der Waals surface area contributed by atoms with E-state index in [0.717, 1.165) is 17.9 Å². The predicted molar refractivity (Wildman–Crippen MR) is 113 cm³/mol. The van der Waals surface area contributed by atoms with Crippen molar-refractivity contribution >= 4 is 5.91 Å². The molecule has 1 fully saturated rings. The van der Waals surface area contributed by atoms with E-state index in [0.29, 0.717) is 17.5 Å². The van der Waals surface area contributed by atoms with Crippen LogP contribution in [0.25, 0.3) is 0 Å². The molecule has 1 aliphatic rings. The maximum absolute atomic E-state index is 11.0. The fourth-order valence-electron chi connectivity index (χ4n) is 3.36. The van der Waals surface area contributed by atoms with Gasteiger partial charge in [-0.2, -0.15) is 0 Å². The van der Waals surface area contributed by atoms with Crippen molar-refractivity contribution in [2.75, 3.05) is 6.61 Å². The van der Waals surface area contributed by atoms with E-state index in [2.05, 4.69) is 22.1 Å². The summed E-state index contributed by atoms with van der Waals surface area (Å²) < 4.78 is 11.8. The number of carbonyl (C=O) groups is 1. The zero-order valence-electron chi connectivity index (χ0n) is 17.1. The van der Waals surface area contributed by atoms with Gasteiger partial charge in [-0.25, -0.2) is 4.98 Å². The highest BCUT2D eigenvalue weighted by molar-refractivity contribution is 5.73. The number of amides is 1. The van der Waals surface area contributed by atoms with Crippen molar-refractivity contribution < 1.29 is 14.3 Å². The molecule has 0 aliphatic heterocycles. The van der Waals surface area contributed by atoms with E-state index in [9.17, 15) is 4.79 Å². The molecule has 1 unspecified atom stereocenters. The number of ether oxygens (including phenoxy) is 2. The lowest BCUT2D eigenvalue weighted by molar-refractivity contribution is -0.119. The minimum atomic E-state index is -0.209. The van der Waals surface area contributed by atoms with Crippen molar-refractivity contribution in [3.8, 4) is 29.2 Å². The van der Waals surface area contributed by atoms with Crippen molar-refractivity contribution in [2.45, 2.75) is 52.0 Å². The molecule has 1 aliphatic carbocycles. The molecule has 152 valence electrons. The lowest BCUT2D eigenvalue weighted by Crippen LogP contribution is -2.28. The Bertz CT molecular complexity index is 862. The SMILES string of the molecule is CC(=O)NC(C)C#Cc1ccc(Oc2cccc(OCC3CCCCC3)c2)nc1. The van der Waals surface area contributed by atoms with E-state index >= 15 is 0 Å². The molecule has 3 rings (SSSR count). The molecule has 1 N–H and O–H groups in total. The summed E-state index contributed by atoms with van der Waals surface area (Å²) in [5.41, 5.74) is 0.763. The highest BCUT2D eigenvalue weighted by Gasteiger charge is 2.14. The first-order chi connectivity index (χ1) is 14.1. The summed E-state index contributed by atoms with van der Waals surface area (Å²) >= 11 is 0. The average molecular weight is 392 g/mol. The standard InChI is InChI=1S/C24H28N2O3/c1-18(26-19(2)27)11-12-20-13-14-24(25-16-20)29-23-10-6-9-22(15-23)28-17-21-7-4-3-5-8-21/h6,9-10,13-16,18,21H,3-5,7-8,17H2,1-2H3,(H,26,27). The van der Waals surface area contributed by atoms with Crippen LogP contribution in [0.5, 0.6) is 17.4 Å². The van der Waals surface area contributed by atoms with Gasteiger partial charge in [-0.05, 0) is 43.9 Å². The third kappa shape index (κ3) is 7.15. The summed E-state index contributed by atoms with van der Waals surface area (Å²) in [4.78, 5) is 15.3. The minimum Gasteiger partial charge on any atom is -0.493 e. The zero-order valence-corrected chi connectivity index (χ0v) is 17.1. The van der Waals surface area contributed by atoms with Crippen LogP contribution in [0.15, 0.2) is 42.6 Å². The van der Waals surface area contributed by atoms with E-state index in [-0.39, 0.29) is 11.9 Å². The average Bonchev–Trinajstić information content (AvgIpc) is 2.72. The molecule has 1 heterocycles. The highest BCUT2D eigenvalue weighted by atomic mass is 16.5. The number of carbonyl (C=O) groups excluding carboxylic acids is 1. The Morgan fingerprint density at radius 2 is 2.00 bits per heavy atom. The Labute approximate surface area is 172 Å². The maximum Gasteiger partial charge on any atom is 0.219 e. The Balaban J connectivity index is 1.54. The van der Waals surface area contributed by atoms with Gasteiger partial charge in [-0.3, -0.25) is 4.79 Å². The highest BCUT2D eigenvalue weighted by Crippen LogP contribution is 2.27. The first-order valence-electron chi connectivity index (χ1n) is 10.2. The molecule has 0 saturated heterocycles. The van der Waals surface area contributed by atoms with E-state index in [4.69, 9.17) is 9.47 Å². The minimum absolute atomic E-state index is 0.0985. The third-order valence-corrected chi connectivity index (χ3v) is 4.83. The molecule has 0 radical (unpaired) electrons. The van der Waals surface area contributed by atoms with Crippen LogP contribution in [0.3, 0.4) is 0 Å². The van der Waals surface area contributed by atoms with Gasteiger partial charge in [0.15, 0.2) is 0 Å². The summed E-state index contributed by atoms with van der Waals surface area (Å²) in [6.07, 6.45) is 8.17. The van der Waals surface area contributed by atoms with E-state index in [1.165, 1.54) is 39.0 Å². The van der Waals surface area contributed by atoms with Gasteiger partial charge in [-0.15, -0.1) is 0 Å². The molecule has 0 spiro atoms. The van der Waals surface area contributed by atoms with E-state index in [1.54, 1.807) is 12.3 Å². The number of rotatable bonds is 6. The molecule has 1 atom stereocenters. The number of pyridine rings is 1. The van der Waals surface area contributed by atoms with Gasteiger partial charge in [0, 0.05) is 30.8 Å². The molecule has 1 amide bonds. The van der Waals surface area contributed by atoms with Crippen LogP contribution in [0, 0.1) is 17.8 Å². The smallest absolute Gasteiger partial charge is 0.219 e. The molecular weight excluding hydrogens is 364 g/mol. The number of nitrogens with one attached hydrogen (secondary N) is 1. The molecular formula is C24H28N2O3. The Hall–Kier alpha value is -3.00. The van der Waals surface area contributed by atoms with Crippen molar-refractivity contribution in [1.29, 1.82) is 0 Å². The summed E-state index contributed by atoms with van der Waals surface area (Å²) in [5.74, 6) is 8.54. The molecule has 5 heteroatoms. The van der Waals surface area contributed by atoms with Crippen molar-refractivity contribution in [3.63, 3.8) is 0 Å². The number of nitrogens with zero attached hydrogens (tertiary/aromatic N) is 1. The monoisotopic (exact) mass is 392 g/mol. The van der Waals surface area contributed by atoms with Crippen LogP contribution >= 0.6 is 0 Å². The topological polar surface area (TPSA) is 60.5 Å². The molecule has 29 heavy (non-hydrogen) atoms. The van der Waals surface area contributed by atoms with Crippen molar-refractivity contribution in [3.05, 3.63) is 48.2 Å². The van der Waals surface area contributed by atoms with Crippen LogP contribution in [0.2, 0.25) is 0 Å². The van der Waals surface area contributed by atoms with E-state index in [1.807, 2.05) is 37.3 Å². The van der Waals surface area contributed by atoms with Crippen LogP contribution < -0.4 is 14.8 Å². The molecule has 2 aromatic rings. The Morgan fingerprint density at radius 3 is 2.72 bits per heavy atom. The number of hydrogen-bond acceptors (Lipinski definition) is 4. The van der Waals surface area contributed by atoms with Gasteiger partial charge in [0.05, 0.1) is 12.6 Å². The van der Waals surface area contributed by atoms with Crippen LogP contribution in [0.1, 0.15) is 51.5 Å². The van der Waals surface area contributed by atoms with Gasteiger partial charge in [0.25, 0.3) is 0 Å². The molecule has 1 aromatic heterocycles. The first-order valence-corrected chi connectivity index (χ1v) is 10.2. The fourth-order valence-corrected chi connectivity index (χ4v) is 3.36. The lowest BCUT2D eigenvalue weighted by atomic mass is 9.90. The fraction of sp³-hybridized carbons (Fsp3) is 0.417. The molecule has 0 bridgehead atoms. The van der Waals surface area contributed by atoms with Crippen molar-refractivity contribution in [1.82, 2.24) is 10.3 Å². The summed E-state index contributed by atoms with van der Waals surface area (Å²) in [7, 11) is 0. The second-order valence-corrected chi connectivity index (χ2v) is 7.47. The van der Waals surface area contributed by atoms with Gasteiger partial charge >= 0.3 is 0 Å². The van der Waals surface area contributed by atoms with E-state index < -0.39 is 0 Å². The van der Waals surface area contributed by atoms with Crippen molar-refractivity contribution in [2.24, 2.45) is 5.92 Å². The second kappa shape index (κ2) is 10.5. The quantitative estimate of drug-likeness (QED) is 0.724. The zero-order chi connectivity index (χ0) is 20.5. The normalized spacial score (nSPS) is 15.0. The summed E-state index contributed by atoms with van der Waals surface area (Å²) in [5, 5.41) is 2.72. The number of hydrogen-bond donors (Lipinski definition) is 1. The second-order valence-electron chi connectivity index (χ2n) is 7.47. The Kier molecular flexibility index (Phi) is 7.52. The first kappa shape index (κ1) is 20.7. The van der Waals surface area contributed by atoms with Gasteiger partial charge < -0.3 is 14.8 Å². The Morgan fingerprint density at radius 1 is 1.21 bits per heavy atom. The number of benzene rings is 1. The molecule has 1 saturated carbocycles. The molecule has 5 nitrogen and oxygen atoms in total. The van der Waals surface area contributed by atoms with Gasteiger partial charge in [0.1, 0.15) is 11.5 Å². The van der Waals surface area contributed by atoms with Crippen LogP contribution in [-0.4, -0.2) is 23.5 Å².